The maximum atomic E-state index is 12.7. The van der Waals surface area contributed by atoms with Crippen molar-refractivity contribution in [3.8, 4) is 0 Å². The number of hydrogen-bond acceptors (Lipinski definition) is 5. The molecular weight excluding hydrogens is 373 g/mol. The van der Waals surface area contributed by atoms with Crippen LogP contribution in [0.15, 0.2) is 24.3 Å². The summed E-state index contributed by atoms with van der Waals surface area (Å²) in [5.41, 5.74) is -0.882. The molecule has 1 aromatic rings. The third kappa shape index (κ3) is 5.38. The highest BCUT2D eigenvalue weighted by atomic mass is 32.2. The lowest BCUT2D eigenvalue weighted by Gasteiger charge is -2.27. The molecule has 1 heterocycles. The SMILES string of the molecule is CCOC(=O)[C@@H]1CS[C@@H](CC(=O)Nc2cccc(C(F)(F)F)c2)C(=O)N1. The van der Waals surface area contributed by atoms with Gasteiger partial charge in [-0.25, -0.2) is 4.79 Å². The molecule has 0 aromatic heterocycles. The van der Waals surface area contributed by atoms with Gasteiger partial charge in [0, 0.05) is 17.9 Å². The zero-order valence-electron chi connectivity index (χ0n) is 13.8. The number of alkyl halides is 3. The molecule has 0 radical (unpaired) electrons. The molecule has 1 aliphatic heterocycles. The molecule has 0 aliphatic carbocycles. The lowest BCUT2D eigenvalue weighted by molar-refractivity contribution is -0.146. The van der Waals surface area contributed by atoms with E-state index in [9.17, 15) is 27.6 Å². The van der Waals surface area contributed by atoms with Crippen LogP contribution in [0.25, 0.3) is 0 Å². The summed E-state index contributed by atoms with van der Waals surface area (Å²) in [6, 6.07) is 3.47. The molecule has 2 atom stereocenters. The molecule has 0 saturated carbocycles. The highest BCUT2D eigenvalue weighted by molar-refractivity contribution is 8.00. The molecule has 26 heavy (non-hydrogen) atoms. The van der Waals surface area contributed by atoms with Gasteiger partial charge in [0.1, 0.15) is 6.04 Å². The van der Waals surface area contributed by atoms with Crippen LogP contribution in [0.4, 0.5) is 18.9 Å². The Kier molecular flexibility index (Phi) is 6.52. The topological polar surface area (TPSA) is 84.5 Å². The second-order valence-electron chi connectivity index (χ2n) is 5.47. The van der Waals surface area contributed by atoms with E-state index in [1.54, 1.807) is 6.92 Å². The average Bonchev–Trinajstić information content (AvgIpc) is 2.56. The molecule has 0 unspecified atom stereocenters. The van der Waals surface area contributed by atoms with Crippen LogP contribution < -0.4 is 10.6 Å². The largest absolute Gasteiger partial charge is 0.464 e. The van der Waals surface area contributed by atoms with Gasteiger partial charge in [-0.15, -0.1) is 11.8 Å². The fraction of sp³-hybridized carbons (Fsp3) is 0.438. The predicted octanol–water partition coefficient (Wildman–Crippen LogP) is 2.20. The predicted molar refractivity (Wildman–Crippen MR) is 89.5 cm³/mol. The first-order valence-corrected chi connectivity index (χ1v) is 8.81. The Balaban J connectivity index is 1.91. The number of rotatable bonds is 5. The van der Waals surface area contributed by atoms with E-state index in [1.807, 2.05) is 0 Å². The minimum Gasteiger partial charge on any atom is -0.464 e. The summed E-state index contributed by atoms with van der Waals surface area (Å²) in [7, 11) is 0. The van der Waals surface area contributed by atoms with Crippen molar-refractivity contribution in [3.63, 3.8) is 0 Å². The first-order valence-electron chi connectivity index (χ1n) is 7.76. The number of anilines is 1. The van der Waals surface area contributed by atoms with Crippen molar-refractivity contribution in [2.24, 2.45) is 0 Å². The monoisotopic (exact) mass is 390 g/mol. The van der Waals surface area contributed by atoms with Gasteiger partial charge in [0.25, 0.3) is 0 Å². The summed E-state index contributed by atoms with van der Waals surface area (Å²) in [6.45, 7) is 1.84. The summed E-state index contributed by atoms with van der Waals surface area (Å²) in [5.74, 6) is -1.36. The van der Waals surface area contributed by atoms with Crippen LogP contribution in [0.3, 0.4) is 0 Å². The number of ether oxygens (including phenoxy) is 1. The van der Waals surface area contributed by atoms with Crippen molar-refractivity contribution in [1.29, 1.82) is 0 Å². The summed E-state index contributed by atoms with van der Waals surface area (Å²) < 4.78 is 42.9. The Morgan fingerprint density at radius 2 is 2.12 bits per heavy atom. The molecule has 1 fully saturated rings. The second-order valence-corrected chi connectivity index (χ2v) is 6.70. The fourth-order valence-electron chi connectivity index (χ4n) is 2.27. The van der Waals surface area contributed by atoms with Gasteiger partial charge in [-0.05, 0) is 25.1 Å². The molecule has 2 rings (SSSR count). The van der Waals surface area contributed by atoms with Crippen LogP contribution in [-0.4, -0.2) is 41.4 Å². The van der Waals surface area contributed by atoms with E-state index in [1.165, 1.54) is 12.1 Å². The number of thioether (sulfide) groups is 1. The lowest BCUT2D eigenvalue weighted by atomic mass is 10.2. The highest BCUT2D eigenvalue weighted by Crippen LogP contribution is 2.31. The van der Waals surface area contributed by atoms with Gasteiger partial charge in [-0.2, -0.15) is 13.2 Å². The van der Waals surface area contributed by atoms with Gasteiger partial charge in [0.05, 0.1) is 17.4 Å². The molecule has 1 saturated heterocycles. The van der Waals surface area contributed by atoms with E-state index in [0.717, 1.165) is 23.9 Å². The minimum absolute atomic E-state index is 0.00422. The maximum absolute atomic E-state index is 12.7. The van der Waals surface area contributed by atoms with Gasteiger partial charge in [0.15, 0.2) is 0 Å². The van der Waals surface area contributed by atoms with Crippen LogP contribution in [0.5, 0.6) is 0 Å². The summed E-state index contributed by atoms with van der Waals surface area (Å²) in [5, 5.41) is 4.11. The van der Waals surface area contributed by atoms with Gasteiger partial charge in [-0.3, -0.25) is 9.59 Å². The van der Waals surface area contributed by atoms with Crippen LogP contribution in [-0.2, 0) is 25.3 Å². The number of benzene rings is 1. The molecule has 2 amide bonds. The van der Waals surface area contributed by atoms with E-state index in [0.29, 0.717) is 0 Å². The summed E-state index contributed by atoms with van der Waals surface area (Å²) >= 11 is 1.13. The van der Waals surface area contributed by atoms with Gasteiger partial charge in [0.2, 0.25) is 11.8 Å². The van der Waals surface area contributed by atoms with Crippen LogP contribution in [0.1, 0.15) is 18.9 Å². The number of hydrogen-bond donors (Lipinski definition) is 2. The smallest absolute Gasteiger partial charge is 0.416 e. The molecule has 0 spiro atoms. The van der Waals surface area contributed by atoms with Crippen molar-refractivity contribution in [2.75, 3.05) is 17.7 Å². The average molecular weight is 390 g/mol. The number of carbonyl (C=O) groups excluding carboxylic acids is 3. The molecule has 10 heteroatoms. The van der Waals surface area contributed by atoms with Crippen molar-refractivity contribution in [1.82, 2.24) is 5.32 Å². The third-order valence-electron chi connectivity index (χ3n) is 3.49. The number of nitrogens with one attached hydrogen (secondary N) is 2. The zero-order valence-corrected chi connectivity index (χ0v) is 14.6. The van der Waals surface area contributed by atoms with Crippen LogP contribution >= 0.6 is 11.8 Å². The molecule has 1 aliphatic rings. The normalized spacial score (nSPS) is 20.2. The lowest BCUT2D eigenvalue weighted by Crippen LogP contribution is -2.51. The summed E-state index contributed by atoms with van der Waals surface area (Å²) in [4.78, 5) is 35.7. The Morgan fingerprint density at radius 1 is 1.38 bits per heavy atom. The zero-order chi connectivity index (χ0) is 19.3. The number of halogens is 3. The van der Waals surface area contributed by atoms with Gasteiger partial charge in [-0.1, -0.05) is 6.07 Å². The van der Waals surface area contributed by atoms with Crippen molar-refractivity contribution in [2.45, 2.75) is 30.8 Å². The van der Waals surface area contributed by atoms with E-state index in [4.69, 9.17) is 4.74 Å². The first kappa shape index (κ1) is 20.1. The Morgan fingerprint density at radius 3 is 2.73 bits per heavy atom. The fourth-order valence-corrected chi connectivity index (χ4v) is 3.40. The van der Waals surface area contributed by atoms with E-state index >= 15 is 0 Å². The molecule has 6 nitrogen and oxygen atoms in total. The van der Waals surface area contributed by atoms with Crippen LogP contribution in [0, 0.1) is 0 Å². The highest BCUT2D eigenvalue weighted by Gasteiger charge is 2.34. The number of amides is 2. The van der Waals surface area contributed by atoms with Crippen molar-refractivity contribution < 1.29 is 32.3 Å². The molecule has 1 aromatic carbocycles. The van der Waals surface area contributed by atoms with Crippen molar-refractivity contribution >= 4 is 35.2 Å². The Hall–Kier alpha value is -2.23. The minimum atomic E-state index is -4.51. The molecular formula is C16H17F3N2O4S. The first-order chi connectivity index (χ1) is 12.2. The standard InChI is InChI=1S/C16H17F3N2O4S/c1-2-25-15(24)11-8-26-12(14(23)21-11)7-13(22)20-10-5-3-4-9(6-10)16(17,18)19/h3-6,11-12H,2,7-8H2,1H3,(H,20,22)(H,21,23)/t11-,12-/m0/s1. The maximum Gasteiger partial charge on any atom is 0.416 e. The van der Waals surface area contributed by atoms with Gasteiger partial charge >= 0.3 is 12.1 Å². The molecule has 0 bridgehead atoms. The Bertz CT molecular complexity index is 696. The van der Waals surface area contributed by atoms with E-state index < -0.39 is 40.8 Å². The van der Waals surface area contributed by atoms with Crippen LogP contribution in [0.2, 0.25) is 0 Å². The summed E-state index contributed by atoms with van der Waals surface area (Å²) in [6.07, 6.45) is -4.73. The van der Waals surface area contributed by atoms with Gasteiger partial charge < -0.3 is 15.4 Å². The molecule has 142 valence electrons. The second kappa shape index (κ2) is 8.43. The quantitative estimate of drug-likeness (QED) is 0.753. The Labute approximate surface area is 151 Å². The van der Waals surface area contributed by atoms with E-state index in [2.05, 4.69) is 10.6 Å². The number of carbonyl (C=O) groups is 3. The van der Waals surface area contributed by atoms with E-state index in [-0.39, 0.29) is 24.5 Å². The molecule has 2 N–H and O–H groups in total. The number of esters is 1. The van der Waals surface area contributed by atoms with Crippen molar-refractivity contribution in [3.05, 3.63) is 29.8 Å². The third-order valence-corrected chi connectivity index (χ3v) is 4.80.